The Bertz CT molecular complexity index is 111. The van der Waals surface area contributed by atoms with Crippen molar-refractivity contribution >= 4 is 15.9 Å². The Morgan fingerprint density at radius 1 is 1.40 bits per heavy atom. The van der Waals surface area contributed by atoms with Crippen molar-refractivity contribution in [3.63, 3.8) is 0 Å². The van der Waals surface area contributed by atoms with E-state index in [4.69, 9.17) is 15.3 Å². The summed E-state index contributed by atoms with van der Waals surface area (Å²) in [5.41, 5.74) is 0. The summed E-state index contributed by atoms with van der Waals surface area (Å²) in [5, 5.41) is 14.8. The summed E-state index contributed by atoms with van der Waals surface area (Å²) in [6.45, 7) is 0. The van der Waals surface area contributed by atoms with Crippen molar-refractivity contribution in [2.75, 3.05) is 0 Å². The van der Waals surface area contributed by atoms with Gasteiger partial charge in [0.05, 0.1) is 5.09 Å². The lowest BCUT2D eigenvalue weighted by Crippen LogP contribution is -2.28. The van der Waals surface area contributed by atoms with Crippen molar-refractivity contribution in [1.29, 1.82) is 0 Å². The van der Waals surface area contributed by atoms with Crippen LogP contribution in [0.4, 0.5) is 0 Å². The summed E-state index contributed by atoms with van der Waals surface area (Å²) in [7, 11) is 0. The smallest absolute Gasteiger partial charge is 0.412 e. The molecule has 1 radical (unpaired) electrons. The molecule has 1 aliphatic rings. The molecular formula is H2AlN2O7. The van der Waals surface area contributed by atoms with Gasteiger partial charge in [0.1, 0.15) is 4.91 Å². The lowest BCUT2D eigenvalue weighted by molar-refractivity contribution is -0.983. The molecule has 0 amide bonds. The molecule has 1 aliphatic heterocycles. The van der Waals surface area contributed by atoms with Gasteiger partial charge in [0.15, 0.2) is 0 Å². The molecule has 0 spiro atoms. The van der Waals surface area contributed by atoms with E-state index < -0.39 is 21.0 Å². The second-order valence-corrected chi connectivity index (χ2v) is 1.37. The zero-order chi connectivity index (χ0) is 7.28. The molecule has 10 heavy (non-hydrogen) atoms. The Hall–Kier alpha value is -1.11. The average molecular weight is 169 g/mol. The molecule has 0 aliphatic carbocycles. The van der Waals surface area contributed by atoms with E-state index in [9.17, 15) is 4.91 Å². The molecule has 57 valence electrons. The van der Waals surface area contributed by atoms with Crippen molar-refractivity contribution in [2.45, 2.75) is 0 Å². The standard InChI is InChI=1S/Al.2NO3.H2O/c;2*2-1(3)4;/h;;;1H2/q+2;2*-1;. The molecule has 1 fully saturated rings. The average Bonchev–Trinajstić information content (AvgIpc) is 1.59. The second kappa shape index (κ2) is 6.02. The van der Waals surface area contributed by atoms with E-state index in [1.165, 1.54) is 0 Å². The topological polar surface area (TPSA) is 136 Å². The summed E-state index contributed by atoms with van der Waals surface area (Å²) in [5.74, 6) is 0. The van der Waals surface area contributed by atoms with Gasteiger partial charge < -0.3 is 20.8 Å². The minimum Gasteiger partial charge on any atom is -0.412 e. The predicted molar refractivity (Wildman–Crippen MR) is 25.5 cm³/mol. The highest BCUT2D eigenvalue weighted by Crippen LogP contribution is 1.86. The Kier molecular flexibility index (Phi) is 7.02. The summed E-state index contributed by atoms with van der Waals surface area (Å²) < 4.78 is 8.14. The summed E-state index contributed by atoms with van der Waals surface area (Å²) in [4.78, 5) is 17.6. The van der Waals surface area contributed by atoms with Gasteiger partial charge in [0, 0.05) is 0 Å². The monoisotopic (exact) mass is 169 g/mol. The maximum Gasteiger partial charge on any atom is 1.06 e. The van der Waals surface area contributed by atoms with Crippen LogP contribution in [0.5, 0.6) is 0 Å². The van der Waals surface area contributed by atoms with Crippen molar-refractivity contribution < 1.29 is 23.4 Å². The SMILES string of the molecule is O.O=[N+]([O-])[O-].O=[N+]1[O][Al][O]1. The van der Waals surface area contributed by atoms with E-state index in [2.05, 4.69) is 7.78 Å². The fourth-order valence-electron chi connectivity index (χ4n) is 0.0782. The summed E-state index contributed by atoms with van der Waals surface area (Å²) in [6.07, 6.45) is 0. The van der Waals surface area contributed by atoms with Crippen LogP contribution in [0.15, 0.2) is 0 Å². The maximum absolute atomic E-state index is 9.39. The van der Waals surface area contributed by atoms with Crippen molar-refractivity contribution in [2.24, 2.45) is 0 Å². The van der Waals surface area contributed by atoms with Gasteiger partial charge in [-0.1, -0.05) is 0 Å². The fourth-order valence-corrected chi connectivity index (χ4v) is 0.235. The summed E-state index contributed by atoms with van der Waals surface area (Å²) in [6, 6.07) is 0. The highest BCUT2D eigenvalue weighted by molar-refractivity contribution is 6.18. The van der Waals surface area contributed by atoms with Gasteiger partial charge in [-0.15, -0.1) is 0 Å². The molecule has 2 N–H and O–H groups in total. The first-order chi connectivity index (χ1) is 4.13. The number of nitrogens with zero attached hydrogens (tertiary/aromatic N) is 2. The lowest BCUT2D eigenvalue weighted by Gasteiger charge is -1.92. The minimum atomic E-state index is -1.75. The first-order valence-electron chi connectivity index (χ1n) is 1.57. The van der Waals surface area contributed by atoms with Gasteiger partial charge in [0.2, 0.25) is 0 Å². The zero-order valence-corrected chi connectivity index (χ0v) is 5.58. The molecule has 0 saturated carbocycles. The lowest BCUT2D eigenvalue weighted by atomic mass is 13.1. The van der Waals surface area contributed by atoms with Crippen LogP contribution in [0.25, 0.3) is 0 Å². The van der Waals surface area contributed by atoms with E-state index in [1.807, 2.05) is 0 Å². The molecule has 1 rings (SSSR count). The summed E-state index contributed by atoms with van der Waals surface area (Å²) >= 11 is -0.457. The number of hydrogen-bond donors (Lipinski definition) is 0. The molecule has 1 saturated heterocycles. The molecule has 0 aromatic heterocycles. The quantitative estimate of drug-likeness (QED) is 0.236. The van der Waals surface area contributed by atoms with E-state index in [0.29, 0.717) is 0 Å². The first kappa shape index (κ1) is 11.7. The van der Waals surface area contributed by atoms with Crippen LogP contribution >= 0.6 is 0 Å². The van der Waals surface area contributed by atoms with E-state index in [1.54, 1.807) is 0 Å². The van der Waals surface area contributed by atoms with Crippen molar-refractivity contribution in [3.05, 3.63) is 20.2 Å². The van der Waals surface area contributed by atoms with Crippen LogP contribution < -0.4 is 0 Å². The molecule has 1 heterocycles. The van der Waals surface area contributed by atoms with Gasteiger partial charge in [-0.2, -0.15) is 0 Å². The third-order valence-electron chi connectivity index (χ3n) is 0.258. The van der Waals surface area contributed by atoms with Crippen LogP contribution in [0.3, 0.4) is 0 Å². The van der Waals surface area contributed by atoms with E-state index >= 15 is 0 Å². The fraction of sp³-hybridized carbons (Fsp3) is 0. The van der Waals surface area contributed by atoms with Crippen molar-refractivity contribution in [1.82, 2.24) is 0 Å². The van der Waals surface area contributed by atoms with Crippen LogP contribution in [0.2, 0.25) is 0 Å². The normalized spacial score (nSPS) is 11.0. The second-order valence-electron chi connectivity index (χ2n) is 0.754. The predicted octanol–water partition coefficient (Wildman–Crippen LogP) is -1.89. The maximum atomic E-state index is 9.39. The largest absolute Gasteiger partial charge is 1.06 e. The highest BCUT2D eigenvalue weighted by atomic mass is 27.2. The molecule has 10 heteroatoms. The molecule has 0 atom stereocenters. The van der Waals surface area contributed by atoms with Crippen molar-refractivity contribution in [3.8, 4) is 0 Å². The minimum absolute atomic E-state index is 0. The Morgan fingerprint density at radius 2 is 1.60 bits per heavy atom. The molecule has 9 nitrogen and oxygen atoms in total. The van der Waals surface area contributed by atoms with Gasteiger partial charge in [-0.3, -0.25) is 7.78 Å². The van der Waals surface area contributed by atoms with Gasteiger partial charge in [0.25, 0.3) is 0 Å². The first-order valence-corrected chi connectivity index (χ1v) is 2.51. The third-order valence-corrected chi connectivity index (χ3v) is 0.775. The Morgan fingerprint density at radius 3 is 1.60 bits per heavy atom. The number of rotatable bonds is 0. The molecule has 0 aromatic carbocycles. The molecule has 0 aromatic rings. The molecule has 0 bridgehead atoms. The zero-order valence-electron chi connectivity index (χ0n) is 4.42. The molecule has 0 unspecified atom stereocenters. The van der Waals surface area contributed by atoms with Gasteiger partial charge in [-0.05, 0) is 0 Å². The van der Waals surface area contributed by atoms with E-state index in [0.717, 1.165) is 0 Å². The van der Waals surface area contributed by atoms with Gasteiger partial charge >= 0.3 is 21.0 Å². The number of hydrogen-bond acceptors (Lipinski definition) is 6. The van der Waals surface area contributed by atoms with Gasteiger partial charge in [-0.25, -0.2) is 0 Å². The van der Waals surface area contributed by atoms with Crippen LogP contribution in [0.1, 0.15) is 0 Å². The van der Waals surface area contributed by atoms with E-state index in [-0.39, 0.29) is 10.6 Å². The Balaban J connectivity index is 0. The molecular weight excluding hydrogens is 167 g/mol. The highest BCUT2D eigenvalue weighted by Gasteiger charge is 2.37. The van der Waals surface area contributed by atoms with Crippen LogP contribution in [-0.2, 0) is 7.78 Å². The van der Waals surface area contributed by atoms with Crippen LogP contribution in [0, 0.1) is 20.2 Å². The Labute approximate surface area is 60.4 Å². The van der Waals surface area contributed by atoms with Crippen LogP contribution in [-0.4, -0.2) is 31.5 Å². The third kappa shape index (κ3) is 10.00.